The van der Waals surface area contributed by atoms with E-state index in [-0.39, 0.29) is 6.42 Å². The fourth-order valence-electron chi connectivity index (χ4n) is 1.49. The van der Waals surface area contributed by atoms with E-state index in [1.807, 2.05) is 6.92 Å². The van der Waals surface area contributed by atoms with E-state index in [9.17, 15) is 13.2 Å². The summed E-state index contributed by atoms with van der Waals surface area (Å²) in [5.74, 6) is 0.581. The van der Waals surface area contributed by atoms with E-state index in [1.54, 1.807) is 12.4 Å². The Kier molecular flexibility index (Phi) is 4.79. The van der Waals surface area contributed by atoms with Gasteiger partial charge in [-0.3, -0.25) is 0 Å². The van der Waals surface area contributed by atoms with Gasteiger partial charge in [0.05, 0.1) is 6.42 Å². The number of rotatable bonds is 6. The molecule has 2 N–H and O–H groups in total. The summed E-state index contributed by atoms with van der Waals surface area (Å²) in [5, 5.41) is 2.88. The molecule has 0 aliphatic heterocycles. The minimum atomic E-state index is -4.14. The average Bonchev–Trinajstić information content (AvgIpc) is 2.64. The quantitative estimate of drug-likeness (QED) is 0.794. The van der Waals surface area contributed by atoms with Crippen LogP contribution in [0.3, 0.4) is 0 Å². The van der Waals surface area contributed by atoms with E-state index in [2.05, 4.69) is 15.3 Å². The van der Waals surface area contributed by atoms with Gasteiger partial charge in [-0.2, -0.15) is 13.2 Å². The van der Waals surface area contributed by atoms with Crippen LogP contribution in [0.4, 0.5) is 13.2 Å². The van der Waals surface area contributed by atoms with Gasteiger partial charge < -0.3 is 10.3 Å². The summed E-state index contributed by atoms with van der Waals surface area (Å²) in [4.78, 5) is 6.74. The molecule has 0 amide bonds. The molecule has 1 heterocycles. The van der Waals surface area contributed by atoms with Gasteiger partial charge in [-0.05, 0) is 13.0 Å². The highest BCUT2D eigenvalue weighted by atomic mass is 19.4. The van der Waals surface area contributed by atoms with Crippen LogP contribution in [-0.2, 0) is 6.42 Å². The van der Waals surface area contributed by atoms with Crippen LogP contribution in [0.25, 0.3) is 0 Å². The van der Waals surface area contributed by atoms with Gasteiger partial charge in [-0.1, -0.05) is 6.92 Å². The zero-order chi connectivity index (χ0) is 12.0. The highest BCUT2D eigenvalue weighted by molar-refractivity contribution is 4.91. The van der Waals surface area contributed by atoms with E-state index in [0.717, 1.165) is 6.42 Å². The smallest absolute Gasteiger partial charge is 0.349 e. The molecule has 6 heteroatoms. The number of nitrogens with one attached hydrogen (secondary N) is 2. The molecule has 16 heavy (non-hydrogen) atoms. The first-order valence-electron chi connectivity index (χ1n) is 5.29. The lowest BCUT2D eigenvalue weighted by molar-refractivity contribution is -0.140. The van der Waals surface area contributed by atoms with Crippen molar-refractivity contribution < 1.29 is 13.2 Å². The second kappa shape index (κ2) is 5.89. The maximum absolute atomic E-state index is 12.3. The van der Waals surface area contributed by atoms with Crippen LogP contribution in [0.15, 0.2) is 12.4 Å². The molecule has 0 aliphatic carbocycles. The third-order valence-corrected chi connectivity index (χ3v) is 2.16. The third-order valence-electron chi connectivity index (χ3n) is 2.16. The largest absolute Gasteiger partial charge is 0.390 e. The lowest BCUT2D eigenvalue weighted by Gasteiger charge is -2.19. The van der Waals surface area contributed by atoms with Crippen LogP contribution in [-0.4, -0.2) is 28.7 Å². The van der Waals surface area contributed by atoms with Crippen LogP contribution < -0.4 is 5.32 Å². The Morgan fingerprint density at radius 2 is 2.25 bits per heavy atom. The van der Waals surface area contributed by atoms with Crippen molar-refractivity contribution in [2.24, 2.45) is 0 Å². The molecular formula is C10H16F3N3. The minimum Gasteiger partial charge on any atom is -0.349 e. The second-order valence-corrected chi connectivity index (χ2v) is 3.71. The molecule has 0 spiro atoms. The normalized spacial score (nSPS) is 14.0. The van der Waals surface area contributed by atoms with Crippen molar-refractivity contribution in [3.63, 3.8) is 0 Å². The van der Waals surface area contributed by atoms with E-state index < -0.39 is 18.6 Å². The Hall–Kier alpha value is -1.04. The Bertz CT molecular complexity index is 282. The molecule has 1 rings (SSSR count). The highest BCUT2D eigenvalue weighted by Gasteiger charge is 2.31. The first-order chi connectivity index (χ1) is 7.51. The molecule has 0 aliphatic rings. The average molecular weight is 235 g/mol. The third kappa shape index (κ3) is 5.16. The summed E-state index contributed by atoms with van der Waals surface area (Å²) in [5.41, 5.74) is 0. The standard InChI is InChI=1S/C10H16F3N3/c1-2-3-14-8(7-10(11,12)13)6-9-15-4-5-16-9/h4-5,8,14H,2-3,6-7H2,1H3,(H,15,16). The molecule has 0 aromatic carbocycles. The zero-order valence-corrected chi connectivity index (χ0v) is 9.14. The number of H-pyrrole nitrogens is 1. The Morgan fingerprint density at radius 3 is 2.75 bits per heavy atom. The molecule has 1 aromatic rings. The summed E-state index contributed by atoms with van der Waals surface area (Å²) < 4.78 is 36.9. The molecule has 1 atom stereocenters. The fourth-order valence-corrected chi connectivity index (χ4v) is 1.49. The van der Waals surface area contributed by atoms with Crippen molar-refractivity contribution >= 4 is 0 Å². The number of nitrogens with zero attached hydrogens (tertiary/aromatic N) is 1. The van der Waals surface area contributed by atoms with E-state index >= 15 is 0 Å². The maximum atomic E-state index is 12.3. The van der Waals surface area contributed by atoms with Gasteiger partial charge in [-0.15, -0.1) is 0 Å². The van der Waals surface area contributed by atoms with Crippen LogP contribution >= 0.6 is 0 Å². The molecule has 0 bridgehead atoms. The predicted molar refractivity (Wildman–Crippen MR) is 55.0 cm³/mol. The molecule has 1 aromatic heterocycles. The SMILES string of the molecule is CCCNC(Cc1ncc[nH]1)CC(F)(F)F. The van der Waals surface area contributed by atoms with Crippen LogP contribution in [0, 0.1) is 0 Å². The molecule has 0 radical (unpaired) electrons. The Balaban J connectivity index is 2.50. The second-order valence-electron chi connectivity index (χ2n) is 3.71. The molecule has 3 nitrogen and oxygen atoms in total. The van der Waals surface area contributed by atoms with Gasteiger partial charge in [0.2, 0.25) is 0 Å². The van der Waals surface area contributed by atoms with Gasteiger partial charge in [0.1, 0.15) is 5.82 Å². The molecule has 0 fully saturated rings. The molecule has 1 unspecified atom stereocenters. The van der Waals surface area contributed by atoms with Gasteiger partial charge in [0, 0.05) is 24.9 Å². The molecule has 0 saturated carbocycles. The number of hydrogen-bond donors (Lipinski definition) is 2. The lowest BCUT2D eigenvalue weighted by atomic mass is 10.1. The summed E-state index contributed by atoms with van der Waals surface area (Å²) >= 11 is 0. The molecule has 0 saturated heterocycles. The number of halogens is 3. The van der Waals surface area contributed by atoms with Gasteiger partial charge in [0.25, 0.3) is 0 Å². The van der Waals surface area contributed by atoms with Crippen LogP contribution in [0.5, 0.6) is 0 Å². The lowest BCUT2D eigenvalue weighted by Crippen LogP contribution is -2.36. The van der Waals surface area contributed by atoms with E-state index in [0.29, 0.717) is 12.4 Å². The maximum Gasteiger partial charge on any atom is 0.390 e. The predicted octanol–water partition coefficient (Wildman–Crippen LogP) is 2.27. The zero-order valence-electron chi connectivity index (χ0n) is 9.14. The monoisotopic (exact) mass is 235 g/mol. The van der Waals surface area contributed by atoms with Gasteiger partial charge >= 0.3 is 6.18 Å². The van der Waals surface area contributed by atoms with Crippen molar-refractivity contribution in [2.45, 2.75) is 38.4 Å². The van der Waals surface area contributed by atoms with Crippen molar-refractivity contribution in [3.05, 3.63) is 18.2 Å². The number of imidazole rings is 1. The van der Waals surface area contributed by atoms with Crippen molar-refractivity contribution in [3.8, 4) is 0 Å². The summed E-state index contributed by atoms with van der Waals surface area (Å²) in [6, 6.07) is -0.605. The first kappa shape index (κ1) is 13.0. The van der Waals surface area contributed by atoms with Gasteiger partial charge in [0.15, 0.2) is 0 Å². The first-order valence-corrected chi connectivity index (χ1v) is 5.29. The van der Waals surface area contributed by atoms with E-state index in [4.69, 9.17) is 0 Å². The summed E-state index contributed by atoms with van der Waals surface area (Å²) in [6.45, 7) is 2.51. The van der Waals surface area contributed by atoms with Gasteiger partial charge in [-0.25, -0.2) is 4.98 Å². The van der Waals surface area contributed by atoms with E-state index in [1.165, 1.54) is 0 Å². The van der Waals surface area contributed by atoms with Crippen molar-refractivity contribution in [1.29, 1.82) is 0 Å². The summed E-state index contributed by atoms with van der Waals surface area (Å²) in [6.07, 6.45) is -0.732. The Morgan fingerprint density at radius 1 is 1.50 bits per heavy atom. The number of alkyl halides is 3. The van der Waals surface area contributed by atoms with Crippen LogP contribution in [0.1, 0.15) is 25.6 Å². The Labute approximate surface area is 92.5 Å². The minimum absolute atomic E-state index is 0.270. The topological polar surface area (TPSA) is 40.7 Å². The number of aromatic amines is 1. The molecule has 92 valence electrons. The number of hydrogen-bond acceptors (Lipinski definition) is 2. The summed E-state index contributed by atoms with van der Waals surface area (Å²) in [7, 11) is 0. The fraction of sp³-hybridized carbons (Fsp3) is 0.700. The van der Waals surface area contributed by atoms with Crippen LogP contribution in [0.2, 0.25) is 0 Å². The van der Waals surface area contributed by atoms with Crippen molar-refractivity contribution in [2.75, 3.05) is 6.54 Å². The molecular weight excluding hydrogens is 219 g/mol. The highest BCUT2D eigenvalue weighted by Crippen LogP contribution is 2.22. The van der Waals surface area contributed by atoms with Crippen molar-refractivity contribution in [1.82, 2.24) is 15.3 Å². The number of aromatic nitrogens is 2.